The zero-order chi connectivity index (χ0) is 24.1. The number of nitrogens with one attached hydrogen (secondary N) is 3. The first kappa shape index (κ1) is 23.7. The van der Waals surface area contributed by atoms with Crippen molar-refractivity contribution in [1.29, 1.82) is 0 Å². The zero-order valence-electron chi connectivity index (χ0n) is 19.4. The fourth-order valence-corrected chi connectivity index (χ4v) is 4.62. The van der Waals surface area contributed by atoms with Crippen molar-refractivity contribution in [2.45, 2.75) is 44.9 Å². The van der Waals surface area contributed by atoms with E-state index in [1.54, 1.807) is 29.7 Å². The minimum absolute atomic E-state index is 0.205. The molecule has 8 heteroatoms. The number of aryl methyl sites for hydroxylation is 1. The zero-order valence-corrected chi connectivity index (χ0v) is 19.4. The molecule has 1 aromatic heterocycles. The fraction of sp³-hybridized carbons (Fsp3) is 0.346. The first-order valence-electron chi connectivity index (χ1n) is 11.5. The molecule has 8 nitrogen and oxygen atoms in total. The molecule has 0 bridgehead atoms. The van der Waals surface area contributed by atoms with Crippen LogP contribution in [0, 0.1) is 12.8 Å². The molecule has 4 rings (SSSR count). The van der Waals surface area contributed by atoms with Crippen LogP contribution >= 0.6 is 0 Å². The summed E-state index contributed by atoms with van der Waals surface area (Å²) in [6, 6.07) is 16.8. The highest BCUT2D eigenvalue weighted by Gasteiger charge is 2.35. The van der Waals surface area contributed by atoms with Crippen molar-refractivity contribution in [3.8, 4) is 5.75 Å². The molecule has 0 aliphatic heterocycles. The number of carbonyl (C=O) groups is 2. The van der Waals surface area contributed by atoms with Crippen LogP contribution in [0.4, 0.5) is 0 Å². The molecule has 0 spiro atoms. The summed E-state index contributed by atoms with van der Waals surface area (Å²) in [5, 5.41) is 16.3. The number of rotatable bonds is 7. The predicted octanol–water partition coefficient (Wildman–Crippen LogP) is 3.11. The van der Waals surface area contributed by atoms with E-state index in [0.29, 0.717) is 30.8 Å². The second kappa shape index (κ2) is 10.6. The predicted molar refractivity (Wildman–Crippen MR) is 129 cm³/mol. The lowest BCUT2D eigenvalue weighted by Gasteiger charge is -2.35. The van der Waals surface area contributed by atoms with Crippen LogP contribution in [0.1, 0.15) is 40.9 Å². The van der Waals surface area contributed by atoms with Crippen LogP contribution < -0.4 is 20.9 Å². The molecule has 0 unspecified atom stereocenters. The summed E-state index contributed by atoms with van der Waals surface area (Å²) in [7, 11) is 1.87. The van der Waals surface area contributed by atoms with E-state index in [4.69, 9.17) is 9.94 Å². The van der Waals surface area contributed by atoms with Crippen molar-refractivity contribution < 1.29 is 19.5 Å². The monoisotopic (exact) mass is 462 g/mol. The fourth-order valence-electron chi connectivity index (χ4n) is 4.62. The number of hydrogen-bond donors (Lipinski definition) is 4. The quantitative estimate of drug-likeness (QED) is 0.317. The number of fused-ring (bicyclic) bond motifs is 1. The molecule has 34 heavy (non-hydrogen) atoms. The van der Waals surface area contributed by atoms with Gasteiger partial charge in [-0.3, -0.25) is 19.8 Å². The van der Waals surface area contributed by atoms with E-state index in [2.05, 4.69) is 15.6 Å². The minimum atomic E-state index is -0.472. The van der Waals surface area contributed by atoms with Crippen molar-refractivity contribution >= 4 is 22.7 Å². The maximum Gasteiger partial charge on any atom is 0.251 e. The Bertz CT molecular complexity index is 1170. The van der Waals surface area contributed by atoms with E-state index in [-0.39, 0.29) is 18.0 Å². The smallest absolute Gasteiger partial charge is 0.251 e. The Morgan fingerprint density at radius 1 is 1.12 bits per heavy atom. The van der Waals surface area contributed by atoms with Crippen LogP contribution in [-0.4, -0.2) is 41.1 Å². The van der Waals surface area contributed by atoms with Crippen molar-refractivity contribution in [3.63, 3.8) is 0 Å². The Morgan fingerprint density at radius 2 is 1.88 bits per heavy atom. The van der Waals surface area contributed by atoms with Gasteiger partial charge < -0.3 is 15.4 Å². The van der Waals surface area contributed by atoms with Crippen LogP contribution in [0.3, 0.4) is 0 Å². The Labute approximate surface area is 198 Å². The summed E-state index contributed by atoms with van der Waals surface area (Å²) in [5.41, 5.74) is 5.12. The number of aromatic nitrogens is 1. The van der Waals surface area contributed by atoms with E-state index >= 15 is 0 Å². The highest BCUT2D eigenvalue weighted by molar-refractivity contribution is 5.95. The molecule has 1 aliphatic rings. The van der Waals surface area contributed by atoms with Gasteiger partial charge >= 0.3 is 0 Å². The van der Waals surface area contributed by atoms with Crippen LogP contribution in [0.5, 0.6) is 5.75 Å². The molecule has 3 aromatic rings. The highest BCUT2D eigenvalue weighted by Crippen LogP contribution is 2.26. The molecule has 1 saturated carbocycles. The molecule has 0 saturated heterocycles. The number of amides is 2. The molecule has 1 fully saturated rings. The average molecular weight is 463 g/mol. The molecule has 2 aromatic carbocycles. The van der Waals surface area contributed by atoms with Gasteiger partial charge in [0.25, 0.3) is 5.91 Å². The van der Waals surface area contributed by atoms with E-state index in [0.717, 1.165) is 28.6 Å². The topological polar surface area (TPSA) is 113 Å². The lowest BCUT2D eigenvalue weighted by atomic mass is 9.81. The highest BCUT2D eigenvalue weighted by atomic mass is 16.5. The number of para-hydroxylation sites is 1. The standard InChI is InChI=1S/C26H30N4O4/c1-16-13-18(21-5-3-4-6-23(21)28-16)15-34-20-10-7-17(8-11-20)25(31)29-24-14-19(27-2)9-12-22(24)26(32)30-33/h3-8,10-11,13,19,22,24,27,33H,9,12,14-15H2,1-2H3,(H,29,31)(H,30,32)/t19-,22+,24-/m1/s1. The normalized spacial score (nSPS) is 20.0. The number of benzene rings is 2. The van der Waals surface area contributed by atoms with Crippen LogP contribution in [0.15, 0.2) is 54.6 Å². The van der Waals surface area contributed by atoms with Gasteiger partial charge in [-0.05, 0) is 69.6 Å². The van der Waals surface area contributed by atoms with Gasteiger partial charge in [0.1, 0.15) is 12.4 Å². The van der Waals surface area contributed by atoms with E-state index in [9.17, 15) is 9.59 Å². The number of pyridine rings is 1. The molecular weight excluding hydrogens is 432 g/mol. The average Bonchev–Trinajstić information content (AvgIpc) is 2.86. The summed E-state index contributed by atoms with van der Waals surface area (Å²) in [6.07, 6.45) is 2.00. The van der Waals surface area contributed by atoms with Gasteiger partial charge in [-0.2, -0.15) is 0 Å². The van der Waals surface area contributed by atoms with Gasteiger partial charge in [-0.1, -0.05) is 18.2 Å². The van der Waals surface area contributed by atoms with Crippen molar-refractivity contribution in [1.82, 2.24) is 21.1 Å². The summed E-state index contributed by atoms with van der Waals surface area (Å²) < 4.78 is 5.98. The molecule has 2 amide bonds. The van der Waals surface area contributed by atoms with Gasteiger partial charge in [0.2, 0.25) is 5.91 Å². The van der Waals surface area contributed by atoms with Gasteiger partial charge in [0, 0.05) is 34.3 Å². The first-order valence-corrected chi connectivity index (χ1v) is 11.5. The summed E-state index contributed by atoms with van der Waals surface area (Å²) in [5.74, 6) is -0.553. The molecule has 1 heterocycles. The number of ether oxygens (including phenoxy) is 1. The summed E-state index contributed by atoms with van der Waals surface area (Å²) in [4.78, 5) is 29.5. The maximum absolute atomic E-state index is 12.9. The van der Waals surface area contributed by atoms with Gasteiger partial charge in [0.15, 0.2) is 0 Å². The van der Waals surface area contributed by atoms with E-state index in [1.165, 1.54) is 0 Å². The Hall–Kier alpha value is -3.49. The Kier molecular flexibility index (Phi) is 7.40. The maximum atomic E-state index is 12.9. The van der Waals surface area contributed by atoms with Crippen LogP contribution in [0.25, 0.3) is 10.9 Å². The largest absolute Gasteiger partial charge is 0.489 e. The SMILES string of the molecule is CN[C@@H]1CC[C@H](C(=O)NO)[C@H](NC(=O)c2ccc(OCc3cc(C)nc4ccccc34)cc2)C1. The van der Waals surface area contributed by atoms with Gasteiger partial charge in [0.05, 0.1) is 11.4 Å². The molecule has 1 aliphatic carbocycles. The van der Waals surface area contributed by atoms with Gasteiger partial charge in [-0.25, -0.2) is 5.48 Å². The Morgan fingerprint density at radius 3 is 2.62 bits per heavy atom. The third kappa shape index (κ3) is 5.35. The van der Waals surface area contributed by atoms with Gasteiger partial charge in [-0.15, -0.1) is 0 Å². The third-order valence-electron chi connectivity index (χ3n) is 6.46. The molecule has 0 radical (unpaired) electrons. The molecule has 3 atom stereocenters. The first-order chi connectivity index (χ1) is 16.5. The van der Waals surface area contributed by atoms with Crippen molar-refractivity contribution in [3.05, 3.63) is 71.4 Å². The lowest BCUT2D eigenvalue weighted by Crippen LogP contribution is -2.52. The van der Waals surface area contributed by atoms with Crippen molar-refractivity contribution in [2.24, 2.45) is 5.92 Å². The summed E-state index contributed by atoms with van der Waals surface area (Å²) in [6.45, 7) is 2.35. The number of nitrogens with zero attached hydrogens (tertiary/aromatic N) is 1. The minimum Gasteiger partial charge on any atom is -0.489 e. The Balaban J connectivity index is 1.41. The van der Waals surface area contributed by atoms with E-state index < -0.39 is 11.8 Å². The third-order valence-corrected chi connectivity index (χ3v) is 6.46. The van der Waals surface area contributed by atoms with Crippen LogP contribution in [0.2, 0.25) is 0 Å². The second-order valence-electron chi connectivity index (χ2n) is 8.71. The van der Waals surface area contributed by atoms with Crippen LogP contribution in [-0.2, 0) is 11.4 Å². The molecule has 4 N–H and O–H groups in total. The lowest BCUT2D eigenvalue weighted by molar-refractivity contribution is -0.135. The molecular formula is C26H30N4O4. The number of hydrogen-bond acceptors (Lipinski definition) is 6. The molecule has 178 valence electrons. The number of carbonyl (C=O) groups excluding carboxylic acids is 2. The summed E-state index contributed by atoms with van der Waals surface area (Å²) >= 11 is 0. The van der Waals surface area contributed by atoms with E-state index in [1.807, 2.05) is 44.3 Å². The van der Waals surface area contributed by atoms with Crippen molar-refractivity contribution in [2.75, 3.05) is 7.05 Å². The second-order valence-corrected chi connectivity index (χ2v) is 8.71. The number of hydroxylamine groups is 1.